The van der Waals surface area contributed by atoms with Crippen molar-refractivity contribution in [2.24, 2.45) is 5.16 Å². The minimum atomic E-state index is -0.712. The van der Waals surface area contributed by atoms with E-state index in [9.17, 15) is 10.0 Å². The van der Waals surface area contributed by atoms with Crippen LogP contribution in [0.2, 0.25) is 0 Å². The van der Waals surface area contributed by atoms with E-state index in [0.717, 1.165) is 35.1 Å². The van der Waals surface area contributed by atoms with Crippen molar-refractivity contribution in [1.29, 1.82) is 0 Å². The van der Waals surface area contributed by atoms with E-state index in [1.807, 2.05) is 29.2 Å². The number of hydrogen-bond donors (Lipinski definition) is 2. The molecule has 0 bridgehead atoms. The Kier molecular flexibility index (Phi) is 8.18. The van der Waals surface area contributed by atoms with Gasteiger partial charge in [0, 0.05) is 41.2 Å². The van der Waals surface area contributed by atoms with Gasteiger partial charge in [-0.2, -0.15) is 0 Å². The van der Waals surface area contributed by atoms with Crippen LogP contribution in [0.25, 0.3) is 0 Å². The first kappa shape index (κ1) is 21.3. The van der Waals surface area contributed by atoms with Gasteiger partial charge in [-0.15, -0.1) is 0 Å². The van der Waals surface area contributed by atoms with Gasteiger partial charge in [0.15, 0.2) is 0 Å². The van der Waals surface area contributed by atoms with Gasteiger partial charge >= 0.3 is 0 Å². The molecule has 27 heavy (non-hydrogen) atoms. The second kappa shape index (κ2) is 10.4. The molecule has 1 aliphatic heterocycles. The van der Waals surface area contributed by atoms with E-state index in [2.05, 4.69) is 38.0 Å². The van der Waals surface area contributed by atoms with Gasteiger partial charge < -0.3 is 10.1 Å². The molecule has 1 atom stereocenters. The molecular formula is C20H25IN4O2. The highest BCUT2D eigenvalue weighted by Crippen LogP contribution is 2.15. The first-order valence-electron chi connectivity index (χ1n) is 8.58. The number of pyridine rings is 1. The average molecular weight is 480 g/mol. The van der Waals surface area contributed by atoms with Gasteiger partial charge in [-0.05, 0) is 59.2 Å². The molecule has 0 saturated carbocycles. The first-order chi connectivity index (χ1) is 12.7. The van der Waals surface area contributed by atoms with Crippen molar-refractivity contribution in [2.75, 3.05) is 13.1 Å². The Morgan fingerprint density at radius 2 is 1.89 bits per heavy atom. The molecule has 1 amide bonds. The summed E-state index contributed by atoms with van der Waals surface area (Å²) in [6, 6.07) is 10.8. The first-order valence-corrected chi connectivity index (χ1v) is 9.66. The van der Waals surface area contributed by atoms with Crippen molar-refractivity contribution in [3.05, 3.63) is 63.5 Å². The number of benzene rings is 1. The van der Waals surface area contributed by atoms with E-state index in [0.29, 0.717) is 17.8 Å². The van der Waals surface area contributed by atoms with Crippen molar-refractivity contribution in [3.63, 3.8) is 0 Å². The third-order valence-corrected chi connectivity index (χ3v) is 5.53. The number of hydrogen-bond acceptors (Lipinski definition) is 5. The van der Waals surface area contributed by atoms with Crippen LogP contribution in [-0.4, -0.2) is 45.8 Å². The van der Waals surface area contributed by atoms with Gasteiger partial charge in [-0.1, -0.05) is 30.8 Å². The van der Waals surface area contributed by atoms with Crippen LogP contribution in [0.5, 0.6) is 0 Å². The number of halogens is 1. The monoisotopic (exact) mass is 480 g/mol. The van der Waals surface area contributed by atoms with Crippen LogP contribution < -0.4 is 5.32 Å². The molecule has 1 fully saturated rings. The smallest absolute Gasteiger partial charge is 0.246 e. The number of rotatable bonds is 6. The summed E-state index contributed by atoms with van der Waals surface area (Å²) >= 11 is 2.28. The second-order valence-corrected chi connectivity index (χ2v) is 7.32. The summed E-state index contributed by atoms with van der Waals surface area (Å²) < 4.78 is 1.12. The highest BCUT2D eigenvalue weighted by molar-refractivity contribution is 14.1. The Morgan fingerprint density at radius 1 is 1.22 bits per heavy atom. The topological polar surface area (TPSA) is 77.8 Å². The van der Waals surface area contributed by atoms with E-state index in [1.165, 1.54) is 0 Å². The summed E-state index contributed by atoms with van der Waals surface area (Å²) in [5.74, 6) is -0.0574. The molecule has 1 saturated heterocycles. The summed E-state index contributed by atoms with van der Waals surface area (Å²) in [5.41, 5.74) is 2.09. The third kappa shape index (κ3) is 5.26. The molecule has 6 nitrogen and oxygen atoms in total. The summed E-state index contributed by atoms with van der Waals surface area (Å²) in [7, 11) is 0. The van der Waals surface area contributed by atoms with Gasteiger partial charge in [0.1, 0.15) is 11.8 Å². The van der Waals surface area contributed by atoms with Crippen molar-refractivity contribution in [2.45, 2.75) is 32.9 Å². The van der Waals surface area contributed by atoms with Crippen LogP contribution in [0.1, 0.15) is 31.4 Å². The number of nitrogens with one attached hydrogen (secondary N) is 1. The molecule has 1 aliphatic rings. The van der Waals surface area contributed by atoms with E-state index < -0.39 is 6.04 Å². The Hall–Kier alpha value is -2.00. The molecule has 1 aromatic heterocycles. The van der Waals surface area contributed by atoms with Crippen molar-refractivity contribution < 1.29 is 10.0 Å². The molecule has 0 spiro atoms. The van der Waals surface area contributed by atoms with Crippen molar-refractivity contribution in [1.82, 2.24) is 15.2 Å². The van der Waals surface area contributed by atoms with Gasteiger partial charge in [0.25, 0.3) is 0 Å². The van der Waals surface area contributed by atoms with Crippen LogP contribution in [0, 0.1) is 3.57 Å². The number of likely N-dealkylation sites (tertiary alicyclic amines) is 1. The normalized spacial score (nSPS) is 15.3. The average Bonchev–Trinajstić information content (AvgIpc) is 3.21. The van der Waals surface area contributed by atoms with Crippen LogP contribution in [-0.2, 0) is 11.3 Å². The van der Waals surface area contributed by atoms with E-state index in [1.54, 1.807) is 24.5 Å². The van der Waals surface area contributed by atoms with Gasteiger partial charge in [0.2, 0.25) is 5.91 Å². The maximum atomic E-state index is 13.1. The molecular weight excluding hydrogens is 455 g/mol. The largest absolute Gasteiger partial charge is 0.411 e. The maximum absolute atomic E-state index is 13.1. The molecule has 144 valence electrons. The summed E-state index contributed by atoms with van der Waals surface area (Å²) in [5, 5.41) is 16.4. The number of nitrogens with zero attached hydrogens (tertiary/aromatic N) is 3. The molecule has 0 unspecified atom stereocenters. The highest BCUT2D eigenvalue weighted by Gasteiger charge is 2.31. The molecule has 3 rings (SSSR count). The Balaban J connectivity index is 0.00000261. The molecule has 7 heteroatoms. The Labute approximate surface area is 173 Å². The SMILES string of the molecule is C.O=C([C@H](NCc1ccccc1I)/C(=N/O)c1ccncc1)N1CCCC1. The molecule has 1 aromatic carbocycles. The Bertz CT molecular complexity index is 777. The van der Waals surface area contributed by atoms with E-state index in [-0.39, 0.29) is 13.3 Å². The predicted molar refractivity (Wildman–Crippen MR) is 115 cm³/mol. The minimum Gasteiger partial charge on any atom is -0.411 e. The lowest BCUT2D eigenvalue weighted by atomic mass is 10.0. The number of amides is 1. The summed E-state index contributed by atoms with van der Waals surface area (Å²) in [6.45, 7) is 2.00. The fourth-order valence-electron chi connectivity index (χ4n) is 3.08. The standard InChI is InChI=1S/C19H21IN4O2.CH4/c20-16-6-2-1-5-15(16)13-22-18(19(25)24-11-3-4-12-24)17(23-26)14-7-9-21-10-8-14;/h1-2,5-10,18,22,26H,3-4,11-13H2;1H4/b23-17+;/t18-;/m1./s1. The van der Waals surface area contributed by atoms with Crippen LogP contribution in [0.15, 0.2) is 53.9 Å². The molecule has 0 aliphatic carbocycles. The lowest BCUT2D eigenvalue weighted by Crippen LogP contribution is -2.50. The summed E-state index contributed by atoms with van der Waals surface area (Å²) in [4.78, 5) is 18.9. The molecule has 2 aromatic rings. The fraction of sp³-hybridized carbons (Fsp3) is 0.350. The number of carbonyl (C=O) groups excluding carboxylic acids is 1. The van der Waals surface area contributed by atoms with Crippen LogP contribution in [0.4, 0.5) is 0 Å². The van der Waals surface area contributed by atoms with Crippen LogP contribution >= 0.6 is 22.6 Å². The summed E-state index contributed by atoms with van der Waals surface area (Å²) in [6.07, 6.45) is 5.27. The van der Waals surface area contributed by atoms with Gasteiger partial charge in [-0.25, -0.2) is 0 Å². The zero-order valence-corrected chi connectivity index (χ0v) is 16.5. The van der Waals surface area contributed by atoms with Gasteiger partial charge in [-0.3, -0.25) is 15.1 Å². The predicted octanol–water partition coefficient (Wildman–Crippen LogP) is 3.28. The number of aromatic nitrogens is 1. The Morgan fingerprint density at radius 3 is 2.52 bits per heavy atom. The van der Waals surface area contributed by atoms with Crippen molar-refractivity contribution >= 4 is 34.2 Å². The highest BCUT2D eigenvalue weighted by atomic mass is 127. The fourth-order valence-corrected chi connectivity index (χ4v) is 3.66. The molecule has 2 heterocycles. The van der Waals surface area contributed by atoms with Crippen LogP contribution in [0.3, 0.4) is 0 Å². The molecule has 0 radical (unpaired) electrons. The van der Waals surface area contributed by atoms with Crippen molar-refractivity contribution in [3.8, 4) is 0 Å². The zero-order chi connectivity index (χ0) is 18.4. The zero-order valence-electron chi connectivity index (χ0n) is 14.3. The van der Waals surface area contributed by atoms with Gasteiger partial charge in [0.05, 0.1) is 0 Å². The quantitative estimate of drug-likeness (QED) is 0.288. The minimum absolute atomic E-state index is 0. The van der Waals surface area contributed by atoms with E-state index in [4.69, 9.17) is 0 Å². The van der Waals surface area contributed by atoms with E-state index >= 15 is 0 Å². The maximum Gasteiger partial charge on any atom is 0.246 e. The lowest BCUT2D eigenvalue weighted by molar-refractivity contribution is -0.130. The second-order valence-electron chi connectivity index (χ2n) is 6.16. The third-order valence-electron chi connectivity index (χ3n) is 4.48. The number of carbonyl (C=O) groups is 1. The lowest BCUT2D eigenvalue weighted by Gasteiger charge is -2.25. The number of oxime groups is 1. The molecule has 2 N–H and O–H groups in total.